The molecule has 0 spiro atoms. The van der Waals surface area contributed by atoms with E-state index in [1.807, 2.05) is 60.7 Å². The number of hydrogen-bond acceptors (Lipinski definition) is 2. The topological polar surface area (TPSA) is 46.2 Å². The maximum Gasteiger partial charge on any atom is 0.232 e. The summed E-state index contributed by atoms with van der Waals surface area (Å²) in [6.07, 6.45) is 1.97. The van der Waals surface area contributed by atoms with Gasteiger partial charge in [0.05, 0.1) is 5.25 Å². The molecule has 2 rings (SSSR count). The van der Waals surface area contributed by atoms with Gasteiger partial charge >= 0.3 is 0 Å². The van der Waals surface area contributed by atoms with Crippen molar-refractivity contribution in [1.29, 1.82) is 0 Å². The van der Waals surface area contributed by atoms with Gasteiger partial charge < -0.3 is 5.32 Å². The van der Waals surface area contributed by atoms with Gasteiger partial charge in [0, 0.05) is 17.3 Å². The molecule has 2 aromatic rings. The number of hydrogen-bond donors (Lipinski definition) is 1. The van der Waals surface area contributed by atoms with Crippen molar-refractivity contribution in [3.63, 3.8) is 0 Å². The molecule has 0 aliphatic heterocycles. The molecule has 0 aromatic heterocycles. The molecular formula is C19H23NO2S. The van der Waals surface area contributed by atoms with Crippen LogP contribution in [0, 0.1) is 0 Å². The molecule has 122 valence electrons. The van der Waals surface area contributed by atoms with Crippen LogP contribution in [0.25, 0.3) is 0 Å². The van der Waals surface area contributed by atoms with Crippen molar-refractivity contribution in [2.75, 3.05) is 12.3 Å². The van der Waals surface area contributed by atoms with Crippen molar-refractivity contribution in [3.8, 4) is 0 Å². The molecule has 0 saturated carbocycles. The molecule has 0 unspecified atom stereocenters. The lowest BCUT2D eigenvalue weighted by atomic mass is 10.0. The summed E-state index contributed by atoms with van der Waals surface area (Å²) in [6, 6.07) is 19.5. The molecule has 0 fully saturated rings. The van der Waals surface area contributed by atoms with Crippen LogP contribution in [0.15, 0.2) is 60.7 Å². The van der Waals surface area contributed by atoms with E-state index in [-0.39, 0.29) is 16.9 Å². The first-order valence-corrected chi connectivity index (χ1v) is 9.34. The van der Waals surface area contributed by atoms with Crippen LogP contribution in [-0.4, -0.2) is 22.4 Å². The highest BCUT2D eigenvalue weighted by molar-refractivity contribution is 7.86. The van der Waals surface area contributed by atoms with E-state index in [1.165, 1.54) is 0 Å². The summed E-state index contributed by atoms with van der Waals surface area (Å²) in [5, 5.41) is 2.56. The number of nitrogens with one attached hydrogen (secondary N) is 1. The van der Waals surface area contributed by atoms with Crippen molar-refractivity contribution in [3.05, 3.63) is 71.8 Å². The second-order valence-electron chi connectivity index (χ2n) is 5.43. The second-order valence-corrected chi connectivity index (χ2v) is 6.95. The zero-order chi connectivity index (χ0) is 16.5. The van der Waals surface area contributed by atoms with Crippen molar-refractivity contribution in [2.24, 2.45) is 0 Å². The molecule has 0 aliphatic carbocycles. The van der Waals surface area contributed by atoms with Crippen LogP contribution >= 0.6 is 0 Å². The zero-order valence-electron chi connectivity index (χ0n) is 13.4. The molecule has 0 saturated heterocycles. The number of amides is 1. The lowest BCUT2D eigenvalue weighted by Gasteiger charge is -2.17. The fourth-order valence-electron chi connectivity index (χ4n) is 2.42. The van der Waals surface area contributed by atoms with Gasteiger partial charge in [-0.1, -0.05) is 74.0 Å². The number of unbranched alkanes of at least 4 members (excludes halogenated alkanes) is 1. The van der Waals surface area contributed by atoms with E-state index in [0.717, 1.165) is 24.0 Å². The highest BCUT2D eigenvalue weighted by Gasteiger charge is 2.22. The van der Waals surface area contributed by atoms with Crippen molar-refractivity contribution in [1.82, 2.24) is 5.32 Å². The van der Waals surface area contributed by atoms with Gasteiger partial charge in [0.25, 0.3) is 0 Å². The molecule has 23 heavy (non-hydrogen) atoms. The fraction of sp³-hybridized carbons (Fsp3) is 0.316. The summed E-state index contributed by atoms with van der Waals surface area (Å²) in [7, 11) is -1.31. The van der Waals surface area contributed by atoms with E-state index in [2.05, 4.69) is 12.2 Å². The highest BCUT2D eigenvalue weighted by atomic mass is 32.2. The van der Waals surface area contributed by atoms with Gasteiger partial charge in [0.15, 0.2) is 0 Å². The average Bonchev–Trinajstić information content (AvgIpc) is 2.57. The Morgan fingerprint density at radius 2 is 1.52 bits per heavy atom. The van der Waals surface area contributed by atoms with Crippen LogP contribution < -0.4 is 5.32 Å². The van der Waals surface area contributed by atoms with Gasteiger partial charge in [0.1, 0.15) is 5.75 Å². The van der Waals surface area contributed by atoms with Gasteiger partial charge in [-0.15, -0.1) is 0 Å². The zero-order valence-corrected chi connectivity index (χ0v) is 14.2. The Balaban J connectivity index is 2.15. The van der Waals surface area contributed by atoms with E-state index in [1.54, 1.807) is 0 Å². The third-order valence-electron chi connectivity index (χ3n) is 3.59. The summed E-state index contributed by atoms with van der Waals surface area (Å²) in [5.41, 5.74) is 1.94. The van der Waals surface area contributed by atoms with Crippen LogP contribution in [0.5, 0.6) is 0 Å². The number of rotatable bonds is 8. The first-order valence-electron chi connectivity index (χ1n) is 7.96. The Bertz CT molecular complexity index is 589. The largest absolute Gasteiger partial charge is 0.355 e. The van der Waals surface area contributed by atoms with Crippen LogP contribution in [0.1, 0.15) is 36.1 Å². The maximum atomic E-state index is 12.8. The summed E-state index contributed by atoms with van der Waals surface area (Å²) in [6.45, 7) is 2.72. The molecule has 0 radical (unpaired) electrons. The van der Waals surface area contributed by atoms with E-state index in [9.17, 15) is 9.00 Å². The maximum absolute atomic E-state index is 12.8. The molecule has 2 aromatic carbocycles. The summed E-state index contributed by atoms with van der Waals surface area (Å²) >= 11 is 0. The second kappa shape index (κ2) is 9.26. The Morgan fingerprint density at radius 3 is 2.00 bits per heavy atom. The van der Waals surface area contributed by atoms with Crippen molar-refractivity contribution in [2.45, 2.75) is 25.0 Å². The third-order valence-corrected chi connectivity index (χ3v) is 5.21. The molecule has 1 amide bonds. The van der Waals surface area contributed by atoms with E-state index in [4.69, 9.17) is 0 Å². The molecule has 3 nitrogen and oxygen atoms in total. The third kappa shape index (κ3) is 5.32. The van der Waals surface area contributed by atoms with Crippen molar-refractivity contribution >= 4 is 16.7 Å². The average molecular weight is 329 g/mol. The van der Waals surface area contributed by atoms with E-state index >= 15 is 0 Å². The first kappa shape index (κ1) is 17.4. The van der Waals surface area contributed by atoms with Crippen LogP contribution in [0.2, 0.25) is 0 Å². The minimum Gasteiger partial charge on any atom is -0.355 e. The molecule has 0 heterocycles. The molecular weight excluding hydrogens is 306 g/mol. The summed E-state index contributed by atoms with van der Waals surface area (Å²) in [4.78, 5) is 12.0. The monoisotopic (exact) mass is 329 g/mol. The number of carbonyl (C=O) groups is 1. The molecule has 4 heteroatoms. The normalized spacial score (nSPS) is 12.1. The summed E-state index contributed by atoms with van der Waals surface area (Å²) in [5.74, 6) is -0.119. The van der Waals surface area contributed by atoms with E-state index < -0.39 is 10.8 Å². The standard InChI is InChI=1S/C19H23NO2S/c1-2-3-14-20-18(21)15-23(22)19(16-10-6-4-7-11-16)17-12-8-5-9-13-17/h4-13,19H,2-3,14-15H2,1H3,(H,20,21)/t23-/m1/s1. The lowest BCUT2D eigenvalue weighted by molar-refractivity contribution is -0.118. The predicted octanol–water partition coefficient (Wildman–Crippen LogP) is 3.44. The predicted molar refractivity (Wildman–Crippen MR) is 95.7 cm³/mol. The van der Waals surface area contributed by atoms with Crippen LogP contribution in [0.4, 0.5) is 0 Å². The van der Waals surface area contributed by atoms with Gasteiger partial charge in [-0.3, -0.25) is 9.00 Å². The van der Waals surface area contributed by atoms with Gasteiger partial charge in [-0.25, -0.2) is 0 Å². The van der Waals surface area contributed by atoms with E-state index in [0.29, 0.717) is 6.54 Å². The van der Waals surface area contributed by atoms with Gasteiger partial charge in [0.2, 0.25) is 5.91 Å². The quantitative estimate of drug-likeness (QED) is 0.754. The first-order chi connectivity index (χ1) is 11.2. The minimum atomic E-state index is -1.31. The van der Waals surface area contributed by atoms with Gasteiger partial charge in [-0.2, -0.15) is 0 Å². The Hall–Kier alpha value is -1.94. The van der Waals surface area contributed by atoms with Gasteiger partial charge in [-0.05, 0) is 17.5 Å². The Morgan fingerprint density at radius 1 is 1.00 bits per heavy atom. The SMILES string of the molecule is CCCCNC(=O)C[S@@](=O)C(c1ccccc1)c1ccccc1. The minimum absolute atomic E-state index is 0.0260. The highest BCUT2D eigenvalue weighted by Crippen LogP contribution is 2.28. The Labute approximate surface area is 140 Å². The van der Waals surface area contributed by atoms with Crippen molar-refractivity contribution < 1.29 is 9.00 Å². The number of benzene rings is 2. The lowest BCUT2D eigenvalue weighted by Crippen LogP contribution is -2.30. The smallest absolute Gasteiger partial charge is 0.232 e. The van der Waals surface area contributed by atoms with Crippen LogP contribution in [-0.2, 0) is 15.6 Å². The molecule has 1 N–H and O–H groups in total. The Kier molecular flexibility index (Phi) is 7.01. The number of carbonyl (C=O) groups excluding carboxylic acids is 1. The molecule has 0 aliphatic rings. The summed E-state index contributed by atoms with van der Waals surface area (Å²) < 4.78 is 12.8. The molecule has 1 atom stereocenters. The van der Waals surface area contributed by atoms with Crippen LogP contribution in [0.3, 0.4) is 0 Å². The fourth-order valence-corrected chi connectivity index (χ4v) is 3.87. The molecule has 0 bridgehead atoms.